The average molecular weight is 456 g/mol. The monoisotopic (exact) mass is 456 g/mol. The van der Waals surface area contributed by atoms with E-state index in [0.717, 1.165) is 15.5 Å². The molecule has 0 unspecified atom stereocenters. The minimum absolute atomic E-state index is 0.00387. The van der Waals surface area contributed by atoms with Crippen LogP contribution in [0, 0.1) is 11.3 Å². The first-order chi connectivity index (χ1) is 15.2. The lowest BCUT2D eigenvalue weighted by molar-refractivity contribution is -0.130. The molecule has 1 fully saturated rings. The molecule has 4 amide bonds. The molecule has 1 saturated heterocycles. The molecular weight excluding hydrogens is 436 g/mol. The van der Waals surface area contributed by atoms with Gasteiger partial charge in [-0.2, -0.15) is 9.57 Å². The van der Waals surface area contributed by atoms with Crippen LogP contribution in [-0.4, -0.2) is 48.3 Å². The van der Waals surface area contributed by atoms with Crippen LogP contribution in [0.4, 0.5) is 4.79 Å². The number of nitrogens with one attached hydrogen (secondary N) is 1. The van der Waals surface area contributed by atoms with Gasteiger partial charge in [0.25, 0.3) is 11.8 Å². The largest absolute Gasteiger partial charge is 0.460 e. The van der Waals surface area contributed by atoms with E-state index < -0.39 is 27.9 Å². The Kier molecular flexibility index (Phi) is 6.87. The van der Waals surface area contributed by atoms with Crippen LogP contribution in [0.1, 0.15) is 23.5 Å². The van der Waals surface area contributed by atoms with Crippen LogP contribution in [0.2, 0.25) is 0 Å². The maximum atomic E-state index is 12.8. The van der Waals surface area contributed by atoms with Crippen molar-refractivity contribution in [3.63, 3.8) is 0 Å². The number of barbiturate groups is 1. The molecule has 2 heterocycles. The summed E-state index contributed by atoms with van der Waals surface area (Å²) in [6, 6.07) is 12.9. The second kappa shape index (κ2) is 9.59. The molecule has 1 aromatic carbocycles. The summed E-state index contributed by atoms with van der Waals surface area (Å²) >= 11 is 0. The predicted molar refractivity (Wildman–Crippen MR) is 113 cm³/mol. The van der Waals surface area contributed by atoms with Crippen molar-refractivity contribution in [2.75, 3.05) is 12.8 Å². The molecule has 2 aromatic rings. The number of rotatable bonds is 8. The highest BCUT2D eigenvalue weighted by molar-refractivity contribution is 7.88. The molecule has 32 heavy (non-hydrogen) atoms. The average Bonchev–Trinajstić information content (AvgIpc) is 3.18. The number of urea groups is 1. The lowest BCUT2D eigenvalue weighted by Crippen LogP contribution is -2.53. The van der Waals surface area contributed by atoms with Gasteiger partial charge in [-0.15, -0.1) is 0 Å². The smallest absolute Gasteiger partial charge is 0.331 e. The molecule has 0 aliphatic carbocycles. The quantitative estimate of drug-likeness (QED) is 0.470. The number of sulfonamides is 1. The third-order valence-electron chi connectivity index (χ3n) is 4.61. The predicted octanol–water partition coefficient (Wildman–Crippen LogP) is 1.62. The van der Waals surface area contributed by atoms with Gasteiger partial charge < -0.3 is 4.42 Å². The number of carbonyl (C=O) groups is 3. The maximum absolute atomic E-state index is 12.8. The highest BCUT2D eigenvalue weighted by Crippen LogP contribution is 2.19. The van der Waals surface area contributed by atoms with Gasteiger partial charge in [0.1, 0.15) is 17.1 Å². The SMILES string of the molecule is CS(=O)(=O)N(CCC#N)Cc1ccc(/C=C2\C(=O)NC(=O)N(Cc3ccccc3)C2=O)o1. The number of hydrogen-bond donors (Lipinski definition) is 1. The lowest BCUT2D eigenvalue weighted by Gasteiger charge is -2.26. The molecule has 0 spiro atoms. The normalized spacial score (nSPS) is 15.8. The molecule has 1 N–H and O–H groups in total. The van der Waals surface area contributed by atoms with Crippen molar-refractivity contribution in [3.05, 3.63) is 65.1 Å². The molecule has 1 aromatic heterocycles. The highest BCUT2D eigenvalue weighted by atomic mass is 32.2. The molecule has 0 radical (unpaired) electrons. The Balaban J connectivity index is 1.80. The van der Waals surface area contributed by atoms with Crippen molar-refractivity contribution in [2.24, 2.45) is 0 Å². The summed E-state index contributed by atoms with van der Waals surface area (Å²) in [4.78, 5) is 38.1. The zero-order chi connectivity index (χ0) is 23.3. The Morgan fingerprint density at radius 3 is 2.53 bits per heavy atom. The zero-order valence-electron chi connectivity index (χ0n) is 17.1. The minimum atomic E-state index is -3.57. The summed E-state index contributed by atoms with van der Waals surface area (Å²) < 4.78 is 30.4. The Labute approximate surface area is 184 Å². The van der Waals surface area contributed by atoms with Crippen LogP contribution >= 0.6 is 0 Å². The number of amides is 4. The Morgan fingerprint density at radius 1 is 1.16 bits per heavy atom. The van der Waals surface area contributed by atoms with Crippen molar-refractivity contribution < 1.29 is 27.2 Å². The fourth-order valence-electron chi connectivity index (χ4n) is 3.01. The summed E-state index contributed by atoms with van der Waals surface area (Å²) in [5.41, 5.74) is 0.425. The second-order valence-corrected chi connectivity index (χ2v) is 8.99. The third kappa shape index (κ3) is 5.48. The van der Waals surface area contributed by atoms with E-state index in [1.807, 2.05) is 6.07 Å². The van der Waals surface area contributed by atoms with E-state index in [-0.39, 0.29) is 43.1 Å². The van der Waals surface area contributed by atoms with Gasteiger partial charge in [-0.25, -0.2) is 13.2 Å². The van der Waals surface area contributed by atoms with E-state index in [9.17, 15) is 22.8 Å². The van der Waals surface area contributed by atoms with Crippen LogP contribution in [0.3, 0.4) is 0 Å². The molecule has 166 valence electrons. The van der Waals surface area contributed by atoms with E-state index in [2.05, 4.69) is 5.32 Å². The number of carbonyl (C=O) groups excluding carboxylic acids is 3. The van der Waals surface area contributed by atoms with Crippen LogP contribution in [-0.2, 0) is 32.7 Å². The van der Waals surface area contributed by atoms with Gasteiger partial charge in [-0.1, -0.05) is 30.3 Å². The molecular formula is C21H20N4O6S. The van der Waals surface area contributed by atoms with Crippen molar-refractivity contribution in [1.29, 1.82) is 5.26 Å². The number of nitriles is 1. The summed E-state index contributed by atoms with van der Waals surface area (Å²) in [5, 5.41) is 10.8. The number of imide groups is 2. The van der Waals surface area contributed by atoms with Gasteiger partial charge in [0.05, 0.1) is 25.4 Å². The summed E-state index contributed by atoms with van der Waals surface area (Å²) in [6.45, 7) is -0.117. The minimum Gasteiger partial charge on any atom is -0.460 e. The molecule has 1 aliphatic rings. The zero-order valence-corrected chi connectivity index (χ0v) is 18.0. The Morgan fingerprint density at radius 2 is 1.88 bits per heavy atom. The summed E-state index contributed by atoms with van der Waals surface area (Å²) in [5.74, 6) is -1.22. The molecule has 11 heteroatoms. The van der Waals surface area contributed by atoms with Gasteiger partial charge in [-0.3, -0.25) is 19.8 Å². The highest BCUT2D eigenvalue weighted by Gasteiger charge is 2.36. The van der Waals surface area contributed by atoms with Crippen LogP contribution < -0.4 is 5.32 Å². The number of hydrogen-bond acceptors (Lipinski definition) is 7. The standard InChI is InChI=1S/C21H20N4O6S/c1-32(29,30)24(11-5-10-22)14-17-9-8-16(31-17)12-18-19(26)23-21(28)25(20(18)27)13-15-6-3-2-4-7-15/h2-4,6-9,12H,5,11,13-14H2,1H3,(H,23,26,28)/b18-12+. The van der Waals surface area contributed by atoms with Crippen LogP contribution in [0.5, 0.6) is 0 Å². The van der Waals surface area contributed by atoms with Gasteiger partial charge in [0, 0.05) is 13.0 Å². The maximum Gasteiger partial charge on any atom is 0.331 e. The fourth-order valence-corrected chi connectivity index (χ4v) is 3.80. The van der Waals surface area contributed by atoms with E-state index in [0.29, 0.717) is 5.56 Å². The van der Waals surface area contributed by atoms with Crippen molar-refractivity contribution in [3.8, 4) is 6.07 Å². The Hall–Kier alpha value is -3.75. The van der Waals surface area contributed by atoms with Gasteiger partial charge in [0.2, 0.25) is 10.0 Å². The number of nitrogens with zero attached hydrogens (tertiary/aromatic N) is 3. The fraction of sp³-hybridized carbons (Fsp3) is 0.238. The first kappa shape index (κ1) is 22.9. The lowest BCUT2D eigenvalue weighted by atomic mass is 10.1. The first-order valence-electron chi connectivity index (χ1n) is 9.52. The van der Waals surface area contributed by atoms with Crippen LogP contribution in [0.15, 0.2) is 52.5 Å². The van der Waals surface area contributed by atoms with Gasteiger partial charge >= 0.3 is 6.03 Å². The Bertz CT molecular complexity index is 1210. The topological polar surface area (TPSA) is 141 Å². The number of benzene rings is 1. The molecule has 1 aliphatic heterocycles. The molecule has 0 bridgehead atoms. The van der Waals surface area contributed by atoms with Crippen molar-refractivity contribution in [1.82, 2.24) is 14.5 Å². The van der Waals surface area contributed by atoms with Gasteiger partial charge in [-0.05, 0) is 23.8 Å². The molecule has 0 saturated carbocycles. The summed E-state index contributed by atoms with van der Waals surface area (Å²) in [7, 11) is -3.57. The first-order valence-corrected chi connectivity index (χ1v) is 11.4. The van der Waals surface area contributed by atoms with Crippen molar-refractivity contribution >= 4 is 33.9 Å². The molecule has 0 atom stereocenters. The third-order valence-corrected chi connectivity index (χ3v) is 5.86. The molecule has 10 nitrogen and oxygen atoms in total. The van der Waals surface area contributed by atoms with E-state index in [1.165, 1.54) is 18.2 Å². The van der Waals surface area contributed by atoms with E-state index >= 15 is 0 Å². The van der Waals surface area contributed by atoms with Gasteiger partial charge in [0.15, 0.2) is 0 Å². The summed E-state index contributed by atoms with van der Waals surface area (Å²) in [6.07, 6.45) is 2.25. The van der Waals surface area contributed by atoms with E-state index in [1.54, 1.807) is 30.3 Å². The number of furan rings is 1. The second-order valence-electron chi connectivity index (χ2n) is 7.00. The van der Waals surface area contributed by atoms with Crippen molar-refractivity contribution in [2.45, 2.75) is 19.5 Å². The van der Waals surface area contributed by atoms with E-state index in [4.69, 9.17) is 9.68 Å². The van der Waals surface area contributed by atoms with Crippen LogP contribution in [0.25, 0.3) is 6.08 Å². The molecule has 3 rings (SSSR count).